The fraction of sp³-hybridized carbons (Fsp3) is 0.957. The van der Waals surface area contributed by atoms with Gasteiger partial charge in [0.2, 0.25) is 0 Å². The molecule has 0 aliphatic carbocycles. The molecule has 2 unspecified atom stereocenters. The number of unbranched alkanes of at least 4 members (excludes halogenated alkanes) is 8. The van der Waals surface area contributed by atoms with Crippen molar-refractivity contribution in [2.24, 2.45) is 0 Å². The lowest BCUT2D eigenvalue weighted by atomic mass is 9.84. The maximum Gasteiger partial charge on any atom is 0.373 e. The highest BCUT2D eigenvalue weighted by molar-refractivity contribution is 7.88. The molecule has 0 radical (unpaired) electrons. The Morgan fingerprint density at radius 3 is 1.88 bits per heavy atom. The monoisotopic (exact) mass is 494 g/mol. The number of hydrogen-bond acceptors (Lipinski definition) is 6. The van der Waals surface area contributed by atoms with Gasteiger partial charge in [0.1, 0.15) is 5.22 Å². The van der Waals surface area contributed by atoms with Crippen molar-refractivity contribution >= 4 is 24.5 Å². The first-order valence-corrected chi connectivity index (χ1v) is 15.8. The molecule has 2 atom stereocenters. The summed E-state index contributed by atoms with van der Waals surface area (Å²) in [6.45, 7) is 4.10. The molecule has 1 heterocycles. The van der Waals surface area contributed by atoms with Gasteiger partial charge in [-0.05, 0) is 31.7 Å². The van der Waals surface area contributed by atoms with Gasteiger partial charge in [-0.3, -0.25) is 9.35 Å². The van der Waals surface area contributed by atoms with E-state index in [-0.39, 0.29) is 19.3 Å². The van der Waals surface area contributed by atoms with Gasteiger partial charge in [0.05, 0.1) is 0 Å². The van der Waals surface area contributed by atoms with E-state index in [9.17, 15) is 17.8 Å². The van der Waals surface area contributed by atoms with Gasteiger partial charge in [0, 0.05) is 27.8 Å². The molecule has 0 saturated carbocycles. The molecule has 0 spiro atoms. The minimum atomic E-state index is -4.78. The van der Waals surface area contributed by atoms with Gasteiger partial charge in [0.25, 0.3) is 10.1 Å². The summed E-state index contributed by atoms with van der Waals surface area (Å²) in [7, 11) is -3.69. The van der Waals surface area contributed by atoms with Crippen molar-refractivity contribution in [1.82, 2.24) is 0 Å². The van der Waals surface area contributed by atoms with Crippen molar-refractivity contribution in [1.29, 1.82) is 0 Å². The third-order valence-corrected chi connectivity index (χ3v) is 13.6. The van der Waals surface area contributed by atoms with Gasteiger partial charge in [0.15, 0.2) is 10.5 Å². The molecule has 1 saturated heterocycles. The largest absolute Gasteiger partial charge is 0.396 e. The van der Waals surface area contributed by atoms with Crippen LogP contribution in [0.2, 0.25) is 6.04 Å². The summed E-state index contributed by atoms with van der Waals surface area (Å²) in [5.74, 6) is -0.469. The van der Waals surface area contributed by atoms with E-state index < -0.39 is 34.4 Å². The molecule has 0 aromatic rings. The molecule has 1 rings (SSSR count). The van der Waals surface area contributed by atoms with E-state index in [1.54, 1.807) is 0 Å². The molecular formula is C23H46O7SSi. The van der Waals surface area contributed by atoms with E-state index >= 15 is 0 Å². The first-order valence-electron chi connectivity index (χ1n) is 12.3. The van der Waals surface area contributed by atoms with Crippen molar-refractivity contribution < 1.29 is 31.4 Å². The molecule has 0 aromatic heterocycles. The Labute approximate surface area is 197 Å². The average Bonchev–Trinajstić information content (AvgIpc) is 2.77. The SMILES string of the molecule is CCCCCCCCCCCC(=O)C1(S(=O)(=O)O)CCC[Si](OC)(OC)C1(CCC)OC. The van der Waals surface area contributed by atoms with Gasteiger partial charge >= 0.3 is 8.56 Å². The predicted octanol–water partition coefficient (Wildman–Crippen LogP) is 5.36. The lowest BCUT2D eigenvalue weighted by Crippen LogP contribution is -2.79. The molecule has 1 fully saturated rings. The number of rotatable bonds is 17. The molecule has 9 heteroatoms. The minimum absolute atomic E-state index is 0.0252. The first kappa shape index (κ1) is 29.7. The van der Waals surface area contributed by atoms with Crippen molar-refractivity contribution in [3.8, 4) is 0 Å². The molecule has 32 heavy (non-hydrogen) atoms. The van der Waals surface area contributed by atoms with Gasteiger partial charge < -0.3 is 13.6 Å². The van der Waals surface area contributed by atoms with E-state index in [1.807, 2.05) is 6.92 Å². The van der Waals surface area contributed by atoms with Crippen LogP contribution in [0.15, 0.2) is 0 Å². The second-order valence-electron chi connectivity index (χ2n) is 9.10. The highest BCUT2D eigenvalue weighted by Crippen LogP contribution is 2.53. The summed E-state index contributed by atoms with van der Waals surface area (Å²) in [5, 5.41) is -1.50. The molecule has 1 N–H and O–H groups in total. The maximum absolute atomic E-state index is 13.6. The summed E-state index contributed by atoms with van der Waals surface area (Å²) >= 11 is 0. The van der Waals surface area contributed by atoms with E-state index in [0.29, 0.717) is 25.3 Å². The van der Waals surface area contributed by atoms with Crippen molar-refractivity contribution in [2.45, 2.75) is 120 Å². The fourth-order valence-corrected chi connectivity index (χ4v) is 12.1. The Bertz CT molecular complexity index is 665. The predicted molar refractivity (Wildman–Crippen MR) is 130 cm³/mol. The number of ether oxygens (including phenoxy) is 1. The van der Waals surface area contributed by atoms with Crippen LogP contribution in [0.25, 0.3) is 0 Å². The number of carbonyl (C=O) groups excluding carboxylic acids is 1. The molecule has 1 aliphatic rings. The lowest BCUT2D eigenvalue weighted by molar-refractivity contribution is -0.132. The van der Waals surface area contributed by atoms with Crippen molar-refractivity contribution in [3.05, 3.63) is 0 Å². The van der Waals surface area contributed by atoms with Crippen LogP contribution in [0.3, 0.4) is 0 Å². The molecule has 0 bridgehead atoms. The Hall–Kier alpha value is -0.323. The zero-order chi connectivity index (χ0) is 24.3. The van der Waals surface area contributed by atoms with Crippen LogP contribution in [-0.2, 0) is 28.5 Å². The van der Waals surface area contributed by atoms with Crippen LogP contribution in [0.4, 0.5) is 0 Å². The minimum Gasteiger partial charge on any atom is -0.396 e. The summed E-state index contributed by atoms with van der Waals surface area (Å²) in [4.78, 5) is 13.6. The highest BCUT2D eigenvalue weighted by Gasteiger charge is 2.76. The van der Waals surface area contributed by atoms with Crippen LogP contribution in [-0.4, -0.2) is 58.6 Å². The average molecular weight is 495 g/mol. The molecular weight excluding hydrogens is 448 g/mol. The Morgan fingerprint density at radius 2 is 1.44 bits per heavy atom. The zero-order valence-corrected chi connectivity index (χ0v) is 22.7. The highest BCUT2D eigenvalue weighted by atomic mass is 32.2. The molecule has 1 aliphatic heterocycles. The summed E-state index contributed by atoms with van der Waals surface area (Å²) < 4.78 is 52.0. The van der Waals surface area contributed by atoms with E-state index in [0.717, 1.165) is 19.3 Å². The Kier molecular flexibility index (Phi) is 12.6. The van der Waals surface area contributed by atoms with Crippen LogP contribution in [0.5, 0.6) is 0 Å². The topological polar surface area (TPSA) is 99.1 Å². The van der Waals surface area contributed by atoms with Crippen LogP contribution < -0.4 is 0 Å². The number of ketones is 1. The molecule has 0 amide bonds. The second-order valence-corrected chi connectivity index (χ2v) is 14.4. The number of Topliss-reactive ketones (excluding diaryl/α,β-unsaturated/α-hetero) is 1. The zero-order valence-electron chi connectivity index (χ0n) is 20.9. The molecule has 190 valence electrons. The second kappa shape index (κ2) is 13.5. The third-order valence-electron chi connectivity index (χ3n) is 7.31. The Morgan fingerprint density at radius 1 is 0.906 bits per heavy atom. The van der Waals surface area contributed by atoms with Crippen LogP contribution in [0, 0.1) is 0 Å². The van der Waals surface area contributed by atoms with Gasteiger partial charge in [-0.1, -0.05) is 71.6 Å². The Balaban J connectivity index is 3.06. The van der Waals surface area contributed by atoms with Crippen molar-refractivity contribution in [3.63, 3.8) is 0 Å². The number of hydrogen-bond donors (Lipinski definition) is 1. The molecule has 7 nitrogen and oxygen atoms in total. The fourth-order valence-electron chi connectivity index (χ4n) is 5.71. The normalized spacial score (nSPS) is 25.7. The van der Waals surface area contributed by atoms with Gasteiger partial charge in [-0.15, -0.1) is 0 Å². The smallest absolute Gasteiger partial charge is 0.373 e. The third kappa shape index (κ3) is 5.83. The number of methoxy groups -OCH3 is 1. The summed E-state index contributed by atoms with van der Waals surface area (Å²) in [6.07, 6.45) is 11.2. The standard InChI is InChI=1S/C23H46O7SSi/c1-6-8-9-10-11-12-13-14-15-17-21(24)22(31(25,26)27)19-16-20-32(29-4,30-5)23(22,28-3)18-7-2/h6-20H2,1-5H3,(H,25,26,27). The van der Waals surface area contributed by atoms with Crippen LogP contribution >= 0.6 is 0 Å². The van der Waals surface area contributed by atoms with E-state index in [1.165, 1.54) is 53.4 Å². The maximum atomic E-state index is 13.6. The lowest BCUT2D eigenvalue weighted by Gasteiger charge is -2.56. The van der Waals surface area contributed by atoms with Gasteiger partial charge in [-0.25, -0.2) is 0 Å². The van der Waals surface area contributed by atoms with Crippen LogP contribution in [0.1, 0.15) is 104 Å². The first-order chi connectivity index (χ1) is 15.2. The summed E-state index contributed by atoms with van der Waals surface area (Å²) in [6, 6.07) is 0.510. The van der Waals surface area contributed by atoms with Gasteiger partial charge in [-0.2, -0.15) is 8.42 Å². The molecule has 0 aromatic carbocycles. The number of carbonyl (C=O) groups is 1. The summed E-state index contributed by atoms with van der Waals surface area (Å²) in [5.41, 5.74) is 0. The quantitative estimate of drug-likeness (QED) is 0.165. The van der Waals surface area contributed by atoms with E-state index in [4.69, 9.17) is 13.6 Å². The van der Waals surface area contributed by atoms with Crippen molar-refractivity contribution in [2.75, 3.05) is 21.3 Å². The van der Waals surface area contributed by atoms with E-state index in [2.05, 4.69) is 6.92 Å².